The van der Waals surface area contributed by atoms with Crippen molar-refractivity contribution in [2.75, 3.05) is 0 Å². The molecule has 0 aromatic heterocycles. The Morgan fingerprint density at radius 3 is 1.59 bits per heavy atom. The van der Waals surface area contributed by atoms with Crippen molar-refractivity contribution >= 4 is 29.4 Å². The third kappa shape index (κ3) is 3.54. The molecular formula is C22H23ClF8N2Si. The molecule has 0 saturated heterocycles. The Balaban J connectivity index is 2.58. The van der Waals surface area contributed by atoms with Crippen LogP contribution >= 0.6 is 11.1 Å². The van der Waals surface area contributed by atoms with Gasteiger partial charge in [0.15, 0.2) is 0 Å². The van der Waals surface area contributed by atoms with E-state index in [0.29, 0.717) is 5.56 Å². The predicted molar refractivity (Wildman–Crippen MR) is 116 cm³/mol. The van der Waals surface area contributed by atoms with E-state index < -0.39 is 58.6 Å². The van der Waals surface area contributed by atoms with Gasteiger partial charge in [-0.2, -0.15) is 0 Å². The SMILES string of the molecule is CC(C)(C)N1C(c2ccccc2)=[N+](C(C)(C)C)[Si-]1(F)(Cl)c1c(F)c(F)c(C(F)(F)F)c(F)c1F. The van der Waals surface area contributed by atoms with Gasteiger partial charge in [-0.05, 0) is 0 Å². The summed E-state index contributed by atoms with van der Waals surface area (Å²) in [6.07, 6.45) is -5.77. The predicted octanol–water partition coefficient (Wildman–Crippen LogP) is 6.44. The molecule has 34 heavy (non-hydrogen) atoms. The molecule has 12 heteroatoms. The van der Waals surface area contributed by atoms with Crippen molar-refractivity contribution in [3.63, 3.8) is 0 Å². The standard InChI is InChI=1S/C22H23ClF8N2Si/c1-20(2,3)32-19(12-10-8-7-9-11-12)33(21(4,5)6)34(32,23,31)18-16(26)14(24)13(22(28,29)30)15(25)17(18)27/h7-11H,1-6H3. The summed E-state index contributed by atoms with van der Waals surface area (Å²) >= 11 is 6.58. The molecule has 0 radical (unpaired) electrons. The van der Waals surface area contributed by atoms with Crippen LogP contribution in [0.15, 0.2) is 30.3 Å². The van der Waals surface area contributed by atoms with E-state index in [-0.39, 0.29) is 5.84 Å². The van der Waals surface area contributed by atoms with Gasteiger partial charge in [-0.25, -0.2) is 0 Å². The zero-order chi connectivity index (χ0) is 26.3. The second kappa shape index (κ2) is 7.43. The molecule has 1 heterocycles. The minimum atomic E-state index is -6.74. The van der Waals surface area contributed by atoms with Crippen LogP contribution in [-0.2, 0) is 6.18 Å². The topological polar surface area (TPSA) is 6.25 Å². The first-order valence-corrected chi connectivity index (χ1v) is 13.5. The number of hydrogen-bond donors (Lipinski definition) is 0. The van der Waals surface area contributed by atoms with Crippen molar-refractivity contribution in [1.82, 2.24) is 4.57 Å². The van der Waals surface area contributed by atoms with Crippen LogP contribution in [0.25, 0.3) is 0 Å². The molecule has 0 spiro atoms. The quantitative estimate of drug-likeness (QED) is 0.187. The first-order valence-electron chi connectivity index (χ1n) is 10.2. The molecule has 0 amide bonds. The molecule has 2 aromatic carbocycles. The maximum absolute atomic E-state index is 17.5. The first-order chi connectivity index (χ1) is 15.2. The monoisotopic (exact) mass is 530 g/mol. The Bertz CT molecular complexity index is 1170. The summed E-state index contributed by atoms with van der Waals surface area (Å²) in [4.78, 5) is 0. The van der Waals surface area contributed by atoms with Crippen LogP contribution in [0, 0.1) is 23.3 Å². The molecule has 3 rings (SSSR count). The van der Waals surface area contributed by atoms with E-state index in [2.05, 4.69) is 0 Å². The molecule has 2 aromatic rings. The summed E-state index contributed by atoms with van der Waals surface area (Å²) in [5.41, 5.74) is -5.04. The zero-order valence-corrected chi connectivity index (χ0v) is 20.9. The summed E-state index contributed by atoms with van der Waals surface area (Å²) in [5, 5.41) is -1.88. The van der Waals surface area contributed by atoms with E-state index in [1.165, 1.54) is 41.5 Å². The third-order valence-electron chi connectivity index (χ3n) is 5.52. The van der Waals surface area contributed by atoms with Crippen LogP contribution in [-0.4, -0.2) is 33.0 Å². The molecule has 0 N–H and O–H groups in total. The van der Waals surface area contributed by atoms with Crippen molar-refractivity contribution in [2.24, 2.45) is 0 Å². The average Bonchev–Trinajstić information content (AvgIpc) is 2.62. The van der Waals surface area contributed by atoms with E-state index in [4.69, 9.17) is 11.1 Å². The summed E-state index contributed by atoms with van der Waals surface area (Å²) in [7, 11) is -6.74. The van der Waals surface area contributed by atoms with Gasteiger partial charge >= 0.3 is 197 Å². The Morgan fingerprint density at radius 1 is 0.794 bits per heavy atom. The Morgan fingerprint density at radius 2 is 1.24 bits per heavy atom. The van der Waals surface area contributed by atoms with Gasteiger partial charge in [0, 0.05) is 0 Å². The van der Waals surface area contributed by atoms with Gasteiger partial charge in [0.25, 0.3) is 0 Å². The van der Waals surface area contributed by atoms with Gasteiger partial charge in [0.05, 0.1) is 0 Å². The molecular weight excluding hydrogens is 508 g/mol. The van der Waals surface area contributed by atoms with Gasteiger partial charge < -0.3 is 0 Å². The van der Waals surface area contributed by atoms with Gasteiger partial charge in [0.2, 0.25) is 0 Å². The van der Waals surface area contributed by atoms with Crippen molar-refractivity contribution in [3.05, 3.63) is 64.7 Å². The van der Waals surface area contributed by atoms with Crippen molar-refractivity contribution < 1.29 is 39.1 Å². The second-order valence-electron chi connectivity index (χ2n) is 10.1. The molecule has 0 aliphatic carbocycles. The summed E-state index contributed by atoms with van der Waals surface area (Å²) < 4.78 is 118. The number of hydrogen-bond acceptors (Lipinski definition) is 1. The Labute approximate surface area is 196 Å². The minimum absolute atomic E-state index is 0.0750. The summed E-state index contributed by atoms with van der Waals surface area (Å²) in [6.45, 7) is 8.74. The van der Waals surface area contributed by atoms with Crippen LogP contribution in [0.5, 0.6) is 0 Å². The van der Waals surface area contributed by atoms with E-state index in [1.54, 1.807) is 30.3 Å². The van der Waals surface area contributed by atoms with E-state index >= 15 is 12.9 Å². The Kier molecular flexibility index (Phi) is 5.78. The second-order valence-corrected chi connectivity index (χ2v) is 15.4. The van der Waals surface area contributed by atoms with Crippen LogP contribution in [0.3, 0.4) is 0 Å². The molecule has 0 saturated carbocycles. The van der Waals surface area contributed by atoms with Gasteiger partial charge in [-0.3, -0.25) is 0 Å². The van der Waals surface area contributed by atoms with Gasteiger partial charge in [0.1, 0.15) is 0 Å². The molecule has 1 aliphatic rings. The molecule has 0 fully saturated rings. The molecule has 1 aliphatic heterocycles. The fourth-order valence-corrected chi connectivity index (χ4v) is 12.0. The number of benzene rings is 2. The van der Waals surface area contributed by atoms with Gasteiger partial charge in [-0.15, -0.1) is 0 Å². The van der Waals surface area contributed by atoms with Crippen molar-refractivity contribution in [2.45, 2.75) is 58.8 Å². The van der Waals surface area contributed by atoms with Crippen LogP contribution in [0.1, 0.15) is 52.7 Å². The summed E-state index contributed by atoms with van der Waals surface area (Å²) in [5.74, 6) is -10.5. The first kappa shape index (κ1) is 26.5. The molecule has 2 nitrogen and oxygen atoms in total. The molecule has 0 unspecified atom stereocenters. The van der Waals surface area contributed by atoms with E-state index in [0.717, 1.165) is 8.81 Å². The van der Waals surface area contributed by atoms with E-state index in [9.17, 15) is 22.0 Å². The normalized spacial score (nSPS) is 19.5. The van der Waals surface area contributed by atoms with Crippen LogP contribution in [0.4, 0.5) is 34.8 Å². The fraction of sp³-hybridized carbons (Fsp3) is 0.409. The van der Waals surface area contributed by atoms with Crippen molar-refractivity contribution in [1.29, 1.82) is 0 Å². The van der Waals surface area contributed by atoms with Crippen LogP contribution in [0.2, 0.25) is 0 Å². The summed E-state index contributed by atoms with van der Waals surface area (Å²) in [6, 6.07) is 8.05. The number of alkyl halides is 3. The number of nitrogens with zero attached hydrogens (tertiary/aromatic N) is 2. The average molecular weight is 531 g/mol. The maximum atomic E-state index is 17.5. The number of rotatable bonds is 2. The molecule has 0 bridgehead atoms. The molecule has 188 valence electrons. The van der Waals surface area contributed by atoms with Crippen molar-refractivity contribution in [3.8, 4) is 0 Å². The van der Waals surface area contributed by atoms with Gasteiger partial charge in [-0.1, -0.05) is 0 Å². The molecule has 0 atom stereocenters. The number of halogens is 9. The van der Waals surface area contributed by atoms with E-state index in [1.807, 2.05) is 0 Å². The van der Waals surface area contributed by atoms with Crippen LogP contribution < -0.4 is 5.19 Å². The zero-order valence-electron chi connectivity index (χ0n) is 19.2. The third-order valence-corrected chi connectivity index (χ3v) is 11.7. The fourth-order valence-electron chi connectivity index (χ4n) is 4.61. The Hall–Kier alpha value is -2.14. The number of amidine groups is 1.